The number of hydrogen-bond acceptors (Lipinski definition) is 3. The van der Waals surface area contributed by atoms with Crippen LogP contribution in [0.1, 0.15) is 68.1 Å². The van der Waals surface area contributed by atoms with Crippen molar-refractivity contribution in [1.82, 2.24) is 9.78 Å². The molecule has 0 aliphatic carbocycles. The molecule has 1 aliphatic heterocycles. The van der Waals surface area contributed by atoms with Crippen molar-refractivity contribution in [1.29, 1.82) is 0 Å². The molecule has 2 heterocycles. The average molecular weight is 422 g/mol. The minimum Gasteiger partial charge on any atom is -0.363 e. The van der Waals surface area contributed by atoms with Gasteiger partial charge in [-0.05, 0) is 48.9 Å². The first-order valence-electron chi connectivity index (χ1n) is 10.4. The zero-order chi connectivity index (χ0) is 21.5. The van der Waals surface area contributed by atoms with Crippen molar-refractivity contribution in [2.24, 2.45) is 0 Å². The summed E-state index contributed by atoms with van der Waals surface area (Å²) in [6.07, 6.45) is 3.01. The van der Waals surface area contributed by atoms with Crippen molar-refractivity contribution in [3.63, 3.8) is 0 Å². The van der Waals surface area contributed by atoms with E-state index < -0.39 is 0 Å². The molecule has 4 nitrogen and oxygen atoms in total. The fourth-order valence-electron chi connectivity index (χ4n) is 4.34. The first kappa shape index (κ1) is 20.7. The second kappa shape index (κ2) is 7.59. The fourth-order valence-corrected chi connectivity index (χ4v) is 4.46. The molecule has 0 amide bonds. The number of fused-ring (bicyclic) bond motifs is 1. The van der Waals surface area contributed by atoms with Crippen molar-refractivity contribution in [2.45, 2.75) is 57.5 Å². The van der Waals surface area contributed by atoms with E-state index in [1.54, 1.807) is 6.20 Å². The highest BCUT2D eigenvalue weighted by Crippen LogP contribution is 2.41. The molecule has 0 bridgehead atoms. The predicted molar refractivity (Wildman–Crippen MR) is 122 cm³/mol. The van der Waals surface area contributed by atoms with Crippen LogP contribution >= 0.6 is 11.6 Å². The highest BCUT2D eigenvalue weighted by Gasteiger charge is 2.37. The van der Waals surface area contributed by atoms with E-state index in [1.807, 2.05) is 35.0 Å². The van der Waals surface area contributed by atoms with Gasteiger partial charge >= 0.3 is 0 Å². The summed E-state index contributed by atoms with van der Waals surface area (Å²) in [4.78, 5) is 13.4. The van der Waals surface area contributed by atoms with Crippen LogP contribution in [0.5, 0.6) is 0 Å². The molecule has 1 N–H and O–H groups in total. The molecule has 3 aromatic rings. The van der Waals surface area contributed by atoms with Gasteiger partial charge < -0.3 is 5.32 Å². The van der Waals surface area contributed by atoms with Gasteiger partial charge in [-0.25, -0.2) is 4.68 Å². The molecule has 1 aliphatic rings. The molecule has 2 aromatic carbocycles. The fraction of sp³-hybridized carbons (Fsp3) is 0.360. The standard InChI is InChI=1S/C25H28ClN3O/c1-24(2,18-10-12-19(26)13-11-18)15-22(30)20-16-27-29-23(20)28-21(14-25(29,3)4)17-8-6-5-7-9-17/h5-13,16,21,28H,14-15H2,1-4H3. The van der Waals surface area contributed by atoms with E-state index in [9.17, 15) is 4.79 Å². The summed E-state index contributed by atoms with van der Waals surface area (Å²) in [5, 5.41) is 8.88. The highest BCUT2D eigenvalue weighted by molar-refractivity contribution is 6.30. The molecule has 5 heteroatoms. The third-order valence-electron chi connectivity index (χ3n) is 6.09. The van der Waals surface area contributed by atoms with Crippen molar-refractivity contribution in [2.75, 3.05) is 5.32 Å². The van der Waals surface area contributed by atoms with Crippen LogP contribution in [0.4, 0.5) is 5.82 Å². The lowest BCUT2D eigenvalue weighted by atomic mass is 9.79. The molecule has 0 saturated carbocycles. The third kappa shape index (κ3) is 3.89. The third-order valence-corrected chi connectivity index (χ3v) is 6.34. The van der Waals surface area contributed by atoms with E-state index in [4.69, 9.17) is 11.6 Å². The minimum absolute atomic E-state index is 0.0909. The molecule has 4 rings (SSSR count). The molecule has 1 atom stereocenters. The van der Waals surface area contributed by atoms with Crippen LogP contribution in [0.2, 0.25) is 5.02 Å². The molecule has 0 radical (unpaired) electrons. The monoisotopic (exact) mass is 421 g/mol. The number of nitrogens with zero attached hydrogens (tertiary/aromatic N) is 2. The summed E-state index contributed by atoms with van der Waals surface area (Å²) in [5.41, 5.74) is 2.48. The van der Waals surface area contributed by atoms with Crippen LogP contribution in [-0.4, -0.2) is 15.6 Å². The van der Waals surface area contributed by atoms with Crippen molar-refractivity contribution in [3.8, 4) is 0 Å². The van der Waals surface area contributed by atoms with Crippen LogP contribution < -0.4 is 5.32 Å². The van der Waals surface area contributed by atoms with E-state index in [-0.39, 0.29) is 22.8 Å². The molecule has 0 spiro atoms. The number of rotatable bonds is 5. The van der Waals surface area contributed by atoms with Crippen molar-refractivity contribution < 1.29 is 4.79 Å². The largest absolute Gasteiger partial charge is 0.363 e. The topological polar surface area (TPSA) is 46.9 Å². The minimum atomic E-state index is -0.306. The Morgan fingerprint density at radius 2 is 1.83 bits per heavy atom. The second-order valence-electron chi connectivity index (χ2n) is 9.43. The maximum atomic E-state index is 13.4. The summed E-state index contributed by atoms with van der Waals surface area (Å²) >= 11 is 6.03. The maximum Gasteiger partial charge on any atom is 0.169 e. The van der Waals surface area contributed by atoms with Gasteiger partial charge in [-0.2, -0.15) is 5.10 Å². The van der Waals surface area contributed by atoms with Crippen LogP contribution in [0, 0.1) is 0 Å². The molecule has 0 fully saturated rings. The molecule has 30 heavy (non-hydrogen) atoms. The van der Waals surface area contributed by atoms with Gasteiger partial charge in [0.15, 0.2) is 5.78 Å². The van der Waals surface area contributed by atoms with Gasteiger partial charge in [0, 0.05) is 11.4 Å². The van der Waals surface area contributed by atoms with Crippen molar-refractivity contribution >= 4 is 23.2 Å². The second-order valence-corrected chi connectivity index (χ2v) is 9.87. The average Bonchev–Trinajstić information content (AvgIpc) is 3.13. The van der Waals surface area contributed by atoms with Crippen LogP contribution in [0.25, 0.3) is 0 Å². The smallest absolute Gasteiger partial charge is 0.169 e. The van der Waals surface area contributed by atoms with E-state index >= 15 is 0 Å². The van der Waals surface area contributed by atoms with E-state index in [2.05, 4.69) is 62.4 Å². The number of ketones is 1. The van der Waals surface area contributed by atoms with Gasteiger partial charge in [0.1, 0.15) is 5.82 Å². The number of halogens is 1. The molecule has 1 unspecified atom stereocenters. The Hall–Kier alpha value is -2.59. The first-order chi connectivity index (χ1) is 14.2. The van der Waals surface area contributed by atoms with Gasteiger partial charge in [-0.3, -0.25) is 4.79 Å². The van der Waals surface area contributed by atoms with Crippen LogP contribution in [-0.2, 0) is 11.0 Å². The maximum absolute atomic E-state index is 13.4. The van der Waals surface area contributed by atoms with E-state index in [0.717, 1.165) is 17.8 Å². The summed E-state index contributed by atoms with van der Waals surface area (Å²) in [7, 11) is 0. The van der Waals surface area contributed by atoms with Gasteiger partial charge in [0.25, 0.3) is 0 Å². The SMILES string of the molecule is CC(C)(CC(=O)c1cnn2c1NC(c1ccccc1)CC2(C)C)c1ccc(Cl)cc1. The Bertz CT molecular complexity index is 1050. The molecular weight excluding hydrogens is 394 g/mol. The van der Waals surface area contributed by atoms with Gasteiger partial charge in [0.2, 0.25) is 0 Å². The lowest BCUT2D eigenvalue weighted by molar-refractivity contribution is 0.0958. The lowest BCUT2D eigenvalue weighted by Crippen LogP contribution is -2.38. The number of hydrogen-bond donors (Lipinski definition) is 1. The van der Waals surface area contributed by atoms with Crippen LogP contribution in [0.3, 0.4) is 0 Å². The Morgan fingerprint density at radius 1 is 1.17 bits per heavy atom. The molecule has 156 valence electrons. The van der Waals surface area contributed by atoms with Crippen LogP contribution in [0.15, 0.2) is 60.8 Å². The first-order valence-corrected chi connectivity index (χ1v) is 10.7. The van der Waals surface area contributed by atoms with Crippen molar-refractivity contribution in [3.05, 3.63) is 82.5 Å². The zero-order valence-electron chi connectivity index (χ0n) is 17.9. The summed E-state index contributed by atoms with van der Waals surface area (Å²) in [6, 6.07) is 18.3. The highest BCUT2D eigenvalue weighted by atomic mass is 35.5. The Morgan fingerprint density at radius 3 is 2.50 bits per heavy atom. The predicted octanol–water partition coefficient (Wildman–Crippen LogP) is 6.38. The number of aromatic nitrogens is 2. The quantitative estimate of drug-likeness (QED) is 0.486. The van der Waals surface area contributed by atoms with E-state index in [0.29, 0.717) is 17.0 Å². The summed E-state index contributed by atoms with van der Waals surface area (Å²) in [5.74, 6) is 0.908. The number of carbonyl (C=O) groups is 1. The normalized spacial score (nSPS) is 17.8. The lowest BCUT2D eigenvalue weighted by Gasteiger charge is -2.38. The zero-order valence-corrected chi connectivity index (χ0v) is 18.7. The molecular formula is C25H28ClN3O. The van der Waals surface area contributed by atoms with E-state index in [1.165, 1.54) is 5.56 Å². The Balaban J connectivity index is 1.63. The van der Waals surface area contributed by atoms with Gasteiger partial charge in [-0.1, -0.05) is 67.9 Å². The van der Waals surface area contributed by atoms with Gasteiger partial charge in [0.05, 0.1) is 23.3 Å². The van der Waals surface area contributed by atoms with Gasteiger partial charge in [-0.15, -0.1) is 0 Å². The summed E-state index contributed by atoms with van der Waals surface area (Å²) < 4.78 is 1.97. The number of Topliss-reactive ketones (excluding diaryl/α,β-unsaturated/α-hetero) is 1. The number of carbonyl (C=O) groups excluding carboxylic acids is 1. The summed E-state index contributed by atoms with van der Waals surface area (Å²) in [6.45, 7) is 8.53. The number of anilines is 1. The molecule has 0 saturated heterocycles. The Kier molecular flexibility index (Phi) is 5.23. The molecule has 1 aromatic heterocycles. The Labute approximate surface area is 183 Å². The number of benzene rings is 2. The number of nitrogens with one attached hydrogen (secondary N) is 1.